The molecule has 0 unspecified atom stereocenters. The van der Waals surface area contributed by atoms with Crippen LogP contribution in [0.2, 0.25) is 0 Å². The van der Waals surface area contributed by atoms with Gasteiger partial charge in [-0.25, -0.2) is 4.98 Å². The number of rotatable bonds is 4. The highest BCUT2D eigenvalue weighted by atomic mass is 32.1. The lowest BCUT2D eigenvalue weighted by atomic mass is 10.1. The van der Waals surface area contributed by atoms with Gasteiger partial charge in [-0.05, 0) is 24.3 Å². The summed E-state index contributed by atoms with van der Waals surface area (Å²) in [6.07, 6.45) is 13.0. The van der Waals surface area contributed by atoms with E-state index in [0.29, 0.717) is 55.1 Å². The van der Waals surface area contributed by atoms with E-state index in [9.17, 15) is 4.79 Å². The molecular formula is C24H22N6O2S. The molecule has 5 heterocycles. The molecule has 0 spiro atoms. The highest BCUT2D eigenvalue weighted by Crippen LogP contribution is 2.33. The van der Waals surface area contributed by atoms with E-state index in [0.717, 1.165) is 21.6 Å². The molecule has 2 N–H and O–H groups in total. The van der Waals surface area contributed by atoms with Crippen LogP contribution in [0.4, 0.5) is 11.8 Å². The van der Waals surface area contributed by atoms with Crippen molar-refractivity contribution in [1.29, 1.82) is 0 Å². The number of thiazole rings is 1. The Morgan fingerprint density at radius 3 is 2.88 bits per heavy atom. The molecule has 3 aromatic rings. The first-order valence-corrected chi connectivity index (χ1v) is 11.7. The molecule has 0 amide bonds. The Morgan fingerprint density at radius 2 is 2.00 bits per heavy atom. The number of morpholine rings is 1. The van der Waals surface area contributed by atoms with Crippen LogP contribution in [0.15, 0.2) is 77.2 Å². The van der Waals surface area contributed by atoms with Crippen molar-refractivity contribution in [1.82, 2.24) is 19.9 Å². The number of hydrogen-bond donors (Lipinski definition) is 2. The number of nitrogens with zero attached hydrogens (tertiary/aromatic N) is 4. The van der Waals surface area contributed by atoms with Crippen molar-refractivity contribution in [2.45, 2.75) is 6.42 Å². The Balaban J connectivity index is 1.43. The molecule has 0 bridgehead atoms. The maximum Gasteiger partial charge on any atom is 0.264 e. The lowest BCUT2D eigenvalue weighted by Gasteiger charge is -2.28. The minimum absolute atomic E-state index is 0.207. The van der Waals surface area contributed by atoms with Gasteiger partial charge in [-0.15, -0.1) is 11.3 Å². The molecule has 1 aromatic carbocycles. The summed E-state index contributed by atoms with van der Waals surface area (Å²) in [7, 11) is 0. The van der Waals surface area contributed by atoms with Crippen molar-refractivity contribution in [2.75, 3.05) is 36.5 Å². The number of anilines is 2. The van der Waals surface area contributed by atoms with Crippen LogP contribution in [-0.4, -0.2) is 46.2 Å². The zero-order chi connectivity index (χ0) is 22.2. The number of allylic oxidation sites excluding steroid dienone is 4. The molecule has 1 fully saturated rings. The monoisotopic (exact) mass is 458 g/mol. The van der Waals surface area contributed by atoms with Crippen LogP contribution in [0.3, 0.4) is 0 Å². The van der Waals surface area contributed by atoms with E-state index in [-0.39, 0.29) is 5.56 Å². The summed E-state index contributed by atoms with van der Waals surface area (Å²) in [5.74, 6) is 1.06. The molecule has 0 saturated carbocycles. The Bertz CT molecular complexity index is 1360. The van der Waals surface area contributed by atoms with Crippen LogP contribution in [0.25, 0.3) is 20.8 Å². The smallest absolute Gasteiger partial charge is 0.264 e. The van der Waals surface area contributed by atoms with E-state index >= 15 is 0 Å². The molecule has 3 aliphatic heterocycles. The summed E-state index contributed by atoms with van der Waals surface area (Å²) in [4.78, 5) is 30.0. The number of aromatic amines is 1. The van der Waals surface area contributed by atoms with Crippen molar-refractivity contribution in [2.24, 2.45) is 0 Å². The first kappa shape index (κ1) is 20.0. The Labute approximate surface area is 194 Å². The quantitative estimate of drug-likeness (QED) is 0.615. The van der Waals surface area contributed by atoms with E-state index < -0.39 is 0 Å². The second-order valence-electron chi connectivity index (χ2n) is 7.92. The van der Waals surface area contributed by atoms with Crippen LogP contribution < -0.4 is 15.8 Å². The molecule has 166 valence electrons. The van der Waals surface area contributed by atoms with Gasteiger partial charge in [-0.2, -0.15) is 4.98 Å². The molecule has 0 aliphatic carbocycles. The minimum Gasteiger partial charge on any atom is -0.378 e. The van der Waals surface area contributed by atoms with E-state index in [1.54, 1.807) is 0 Å². The Morgan fingerprint density at radius 1 is 1.12 bits per heavy atom. The molecule has 0 radical (unpaired) electrons. The van der Waals surface area contributed by atoms with Crippen molar-refractivity contribution >= 4 is 33.3 Å². The predicted molar refractivity (Wildman–Crippen MR) is 131 cm³/mol. The van der Waals surface area contributed by atoms with Crippen LogP contribution in [-0.2, 0) is 4.74 Å². The lowest BCUT2D eigenvalue weighted by molar-refractivity contribution is 0.122. The van der Waals surface area contributed by atoms with Gasteiger partial charge in [0.05, 0.1) is 23.4 Å². The maximum absolute atomic E-state index is 13.4. The second-order valence-corrected chi connectivity index (χ2v) is 8.95. The number of fused-ring (bicyclic) bond motifs is 2. The number of hydrogen-bond acceptors (Lipinski definition) is 8. The van der Waals surface area contributed by atoms with Gasteiger partial charge in [0.25, 0.3) is 5.56 Å². The molecule has 33 heavy (non-hydrogen) atoms. The van der Waals surface area contributed by atoms with Gasteiger partial charge in [0.1, 0.15) is 16.4 Å². The average Bonchev–Trinajstić information content (AvgIpc) is 3.28. The average molecular weight is 459 g/mol. The second kappa shape index (κ2) is 8.34. The van der Waals surface area contributed by atoms with Gasteiger partial charge in [0, 0.05) is 43.3 Å². The minimum atomic E-state index is -0.207. The topological polar surface area (TPSA) is 86.4 Å². The molecule has 6 rings (SSSR count). The third-order valence-electron chi connectivity index (χ3n) is 5.75. The van der Waals surface area contributed by atoms with Crippen molar-refractivity contribution in [3.05, 3.63) is 82.7 Å². The lowest BCUT2D eigenvalue weighted by Crippen LogP contribution is -2.38. The van der Waals surface area contributed by atoms with Crippen LogP contribution in [0.5, 0.6) is 0 Å². The zero-order valence-corrected chi connectivity index (χ0v) is 18.6. The summed E-state index contributed by atoms with van der Waals surface area (Å²) in [5.41, 5.74) is 3.20. The number of nitrogens with one attached hydrogen (secondary N) is 2. The largest absolute Gasteiger partial charge is 0.378 e. The summed E-state index contributed by atoms with van der Waals surface area (Å²) in [5, 5.41) is 4.09. The van der Waals surface area contributed by atoms with Gasteiger partial charge in [0.15, 0.2) is 0 Å². The van der Waals surface area contributed by atoms with Gasteiger partial charge in [-0.3, -0.25) is 9.78 Å². The fourth-order valence-corrected chi connectivity index (χ4v) is 5.09. The van der Waals surface area contributed by atoms with Gasteiger partial charge in [-0.1, -0.05) is 24.3 Å². The summed E-state index contributed by atoms with van der Waals surface area (Å²) in [6.45, 7) is 2.59. The third-order valence-corrected chi connectivity index (χ3v) is 6.81. The van der Waals surface area contributed by atoms with Crippen LogP contribution >= 0.6 is 11.3 Å². The van der Waals surface area contributed by atoms with Gasteiger partial charge < -0.3 is 19.9 Å². The molecule has 0 atom stereocenters. The van der Waals surface area contributed by atoms with Crippen molar-refractivity contribution in [3.63, 3.8) is 0 Å². The molecule has 3 aliphatic rings. The zero-order valence-electron chi connectivity index (χ0n) is 17.8. The fraction of sp³-hybridized carbons (Fsp3) is 0.208. The highest BCUT2D eigenvalue weighted by molar-refractivity contribution is 7.21. The molecule has 2 aromatic heterocycles. The number of aromatic nitrogens is 3. The number of benzene rings is 1. The molecular weight excluding hydrogens is 436 g/mol. The number of para-hydroxylation sites is 1. The van der Waals surface area contributed by atoms with E-state index in [1.807, 2.05) is 53.7 Å². The van der Waals surface area contributed by atoms with Crippen molar-refractivity contribution < 1.29 is 4.74 Å². The summed E-state index contributed by atoms with van der Waals surface area (Å²) < 4.78 is 6.49. The van der Waals surface area contributed by atoms with E-state index in [1.165, 1.54) is 11.3 Å². The van der Waals surface area contributed by atoms with Crippen LogP contribution in [0.1, 0.15) is 6.42 Å². The van der Waals surface area contributed by atoms with Gasteiger partial charge >= 0.3 is 0 Å². The molecule has 8 nitrogen and oxygen atoms in total. The molecule has 9 heteroatoms. The Hall–Kier alpha value is -3.69. The first-order valence-electron chi connectivity index (χ1n) is 10.9. The third kappa shape index (κ3) is 3.85. The maximum atomic E-state index is 13.4. The summed E-state index contributed by atoms with van der Waals surface area (Å²) >= 11 is 1.49. The Kier molecular flexibility index (Phi) is 5.04. The molecule has 1 saturated heterocycles. The van der Waals surface area contributed by atoms with Crippen LogP contribution in [0, 0.1) is 0 Å². The standard InChI is InChI=1S/C24H22N6O2S/c31-22-20(23-26-18-6-1-2-7-19(18)33-23)21(27-24(28-22)29-11-13-32-14-12-29)25-16-8-9-17-5-3-4-10-30(17)15-16/h1-7,9-10,15H,8,11-14H2,(H2,25,27,28,31). The fourth-order valence-electron chi connectivity index (χ4n) is 4.08. The van der Waals surface area contributed by atoms with E-state index in [4.69, 9.17) is 14.7 Å². The number of ether oxygens (including phenoxy) is 1. The highest BCUT2D eigenvalue weighted by Gasteiger charge is 2.22. The van der Waals surface area contributed by atoms with Gasteiger partial charge in [0.2, 0.25) is 5.95 Å². The SMILES string of the molecule is O=c1[nH]c(N2CCOCC2)nc(NC2=CN3C=CC=CC3=CC2)c1-c1nc2ccccc2s1. The van der Waals surface area contributed by atoms with E-state index in [2.05, 4.69) is 27.4 Å². The first-order chi connectivity index (χ1) is 16.2. The normalized spacial score (nSPS) is 17.7. The number of H-pyrrole nitrogens is 1. The summed E-state index contributed by atoms with van der Waals surface area (Å²) in [6, 6.07) is 7.90. The predicted octanol–water partition coefficient (Wildman–Crippen LogP) is 3.81. The van der Waals surface area contributed by atoms with Crippen molar-refractivity contribution in [3.8, 4) is 10.6 Å².